The molecule has 0 unspecified atom stereocenters. The Labute approximate surface area is 149 Å². The van der Waals surface area contributed by atoms with Crippen LogP contribution in [0.15, 0.2) is 4.99 Å². The van der Waals surface area contributed by atoms with Crippen LogP contribution in [0.25, 0.3) is 0 Å². The molecule has 21 heavy (non-hydrogen) atoms. The van der Waals surface area contributed by atoms with E-state index >= 15 is 0 Å². The average Bonchev–Trinajstić information content (AvgIpc) is 2.53. The van der Waals surface area contributed by atoms with Gasteiger partial charge < -0.3 is 15.5 Å². The topological polar surface area (TPSA) is 61.9 Å². The van der Waals surface area contributed by atoms with Crippen molar-refractivity contribution in [2.45, 2.75) is 38.1 Å². The quantitative estimate of drug-likeness (QED) is 0.425. The summed E-state index contributed by atoms with van der Waals surface area (Å²) in [5.41, 5.74) is 5.97. The van der Waals surface area contributed by atoms with Gasteiger partial charge in [-0.1, -0.05) is 19.3 Å². The molecule has 0 bridgehead atoms. The van der Waals surface area contributed by atoms with Gasteiger partial charge >= 0.3 is 0 Å². The van der Waals surface area contributed by atoms with Gasteiger partial charge in [0.2, 0.25) is 5.91 Å². The van der Waals surface area contributed by atoms with Crippen LogP contribution in [0.1, 0.15) is 32.1 Å². The Balaban J connectivity index is 0.00000220. The predicted molar refractivity (Wildman–Crippen MR) is 100 cm³/mol. The van der Waals surface area contributed by atoms with Crippen LogP contribution in [0.3, 0.4) is 0 Å². The number of carbonyl (C=O) groups is 1. The summed E-state index contributed by atoms with van der Waals surface area (Å²) in [5, 5.41) is 0. The summed E-state index contributed by atoms with van der Waals surface area (Å²) in [5.74, 6) is 2.79. The van der Waals surface area contributed by atoms with Crippen molar-refractivity contribution >= 4 is 47.6 Å². The lowest BCUT2D eigenvalue weighted by molar-refractivity contribution is -0.130. The molecule has 0 aromatic heterocycles. The van der Waals surface area contributed by atoms with E-state index in [1.54, 1.807) is 0 Å². The van der Waals surface area contributed by atoms with Crippen molar-refractivity contribution in [2.75, 3.05) is 38.2 Å². The van der Waals surface area contributed by atoms with Crippen LogP contribution < -0.4 is 5.73 Å². The summed E-state index contributed by atoms with van der Waals surface area (Å²) in [6.45, 7) is 2.06. The average molecular weight is 426 g/mol. The van der Waals surface area contributed by atoms with Gasteiger partial charge in [0.15, 0.2) is 5.96 Å². The molecule has 0 radical (unpaired) electrons. The molecule has 0 aromatic rings. The zero-order valence-corrected chi connectivity index (χ0v) is 15.9. The van der Waals surface area contributed by atoms with Gasteiger partial charge in [0.05, 0.1) is 0 Å². The van der Waals surface area contributed by atoms with Gasteiger partial charge in [-0.05, 0) is 12.8 Å². The molecule has 0 atom stereocenters. The third-order valence-electron chi connectivity index (χ3n) is 4.23. The Hall–Kier alpha value is -0.180. The molecule has 2 rings (SSSR count). The molecule has 122 valence electrons. The minimum atomic E-state index is 0. The lowest BCUT2D eigenvalue weighted by atomic mass is 9.94. The summed E-state index contributed by atoms with van der Waals surface area (Å²) in [7, 11) is 1.90. The highest BCUT2D eigenvalue weighted by molar-refractivity contribution is 14.0. The lowest BCUT2D eigenvalue weighted by Gasteiger charge is -2.31. The van der Waals surface area contributed by atoms with Crippen LogP contribution in [-0.2, 0) is 4.79 Å². The zero-order chi connectivity index (χ0) is 14.4. The molecule has 1 amide bonds. The van der Waals surface area contributed by atoms with Crippen molar-refractivity contribution in [3.8, 4) is 0 Å². The van der Waals surface area contributed by atoms with Crippen molar-refractivity contribution in [1.29, 1.82) is 0 Å². The summed E-state index contributed by atoms with van der Waals surface area (Å²) in [6, 6.07) is 0.402. The first kappa shape index (κ1) is 18.9. The number of likely N-dealkylation sites (N-methyl/N-ethyl adjacent to an activating group) is 1. The second-order valence-electron chi connectivity index (χ2n) is 5.57. The molecule has 2 N–H and O–H groups in total. The first-order valence-electron chi connectivity index (χ1n) is 7.57. The fourth-order valence-electron chi connectivity index (χ4n) is 2.82. The van der Waals surface area contributed by atoms with E-state index in [-0.39, 0.29) is 36.4 Å². The molecule has 2 aliphatic rings. The number of amides is 1. The number of guanidine groups is 1. The molecule has 0 spiro atoms. The van der Waals surface area contributed by atoms with Gasteiger partial charge in [-0.15, -0.1) is 24.0 Å². The Morgan fingerprint density at radius 2 is 1.90 bits per heavy atom. The molecular formula is C14H27IN4OS. The van der Waals surface area contributed by atoms with E-state index in [1.165, 1.54) is 19.3 Å². The van der Waals surface area contributed by atoms with Gasteiger partial charge in [0.1, 0.15) is 6.54 Å². The highest BCUT2D eigenvalue weighted by Gasteiger charge is 2.22. The van der Waals surface area contributed by atoms with E-state index in [2.05, 4.69) is 9.89 Å². The Morgan fingerprint density at radius 1 is 1.29 bits per heavy atom. The van der Waals surface area contributed by atoms with Crippen LogP contribution in [0.5, 0.6) is 0 Å². The second-order valence-corrected chi connectivity index (χ2v) is 6.80. The van der Waals surface area contributed by atoms with Crippen molar-refractivity contribution in [2.24, 2.45) is 10.7 Å². The van der Waals surface area contributed by atoms with E-state index in [1.807, 2.05) is 23.7 Å². The summed E-state index contributed by atoms with van der Waals surface area (Å²) in [6.07, 6.45) is 6.03. The van der Waals surface area contributed by atoms with Gasteiger partial charge in [0.25, 0.3) is 0 Å². The predicted octanol–water partition coefficient (Wildman–Crippen LogP) is 1.76. The maximum atomic E-state index is 12.2. The van der Waals surface area contributed by atoms with E-state index in [4.69, 9.17) is 5.73 Å². The van der Waals surface area contributed by atoms with Crippen LogP contribution in [0, 0.1) is 0 Å². The number of nitrogens with two attached hydrogens (primary N) is 1. The number of nitrogens with zero attached hydrogens (tertiary/aromatic N) is 3. The smallest absolute Gasteiger partial charge is 0.244 e. The number of hydrogen-bond acceptors (Lipinski definition) is 3. The summed E-state index contributed by atoms with van der Waals surface area (Å²) in [4.78, 5) is 20.4. The SMILES string of the molecule is CN(C(=O)CN=C(N)N1CCSCC1)C1CCCCC1.I. The van der Waals surface area contributed by atoms with Crippen molar-refractivity contribution < 1.29 is 4.79 Å². The molecule has 1 heterocycles. The molecule has 1 aliphatic carbocycles. The van der Waals surface area contributed by atoms with Gasteiger partial charge in [0, 0.05) is 37.7 Å². The maximum absolute atomic E-state index is 12.2. The third kappa shape index (κ3) is 5.84. The lowest BCUT2D eigenvalue weighted by Crippen LogP contribution is -2.44. The van der Waals surface area contributed by atoms with Crippen LogP contribution in [0.2, 0.25) is 0 Å². The minimum absolute atomic E-state index is 0. The highest BCUT2D eigenvalue weighted by atomic mass is 127. The Kier molecular flexibility index (Phi) is 8.77. The molecule has 5 nitrogen and oxygen atoms in total. The molecule has 1 saturated heterocycles. The van der Waals surface area contributed by atoms with E-state index < -0.39 is 0 Å². The first-order chi connectivity index (χ1) is 9.68. The standard InChI is InChI=1S/C14H26N4OS.HI/c1-17(12-5-3-2-4-6-12)13(19)11-16-14(15)18-7-9-20-10-8-18;/h12H,2-11H2,1H3,(H2,15,16);1H. The van der Waals surface area contributed by atoms with Crippen molar-refractivity contribution in [1.82, 2.24) is 9.80 Å². The van der Waals surface area contributed by atoms with E-state index in [0.717, 1.165) is 37.4 Å². The molecule has 1 saturated carbocycles. The number of hydrogen-bond donors (Lipinski definition) is 1. The van der Waals surface area contributed by atoms with Gasteiger partial charge in [-0.2, -0.15) is 11.8 Å². The molecular weight excluding hydrogens is 399 g/mol. The number of thioether (sulfide) groups is 1. The van der Waals surface area contributed by atoms with Gasteiger partial charge in [-0.3, -0.25) is 4.79 Å². The minimum Gasteiger partial charge on any atom is -0.370 e. The summed E-state index contributed by atoms with van der Waals surface area (Å²) >= 11 is 1.94. The fraction of sp³-hybridized carbons (Fsp3) is 0.857. The molecule has 0 aromatic carbocycles. The van der Waals surface area contributed by atoms with Crippen molar-refractivity contribution in [3.63, 3.8) is 0 Å². The van der Waals surface area contributed by atoms with E-state index in [9.17, 15) is 4.79 Å². The number of carbonyl (C=O) groups excluding carboxylic acids is 1. The third-order valence-corrected chi connectivity index (χ3v) is 5.17. The number of rotatable bonds is 3. The maximum Gasteiger partial charge on any atom is 0.244 e. The molecule has 7 heteroatoms. The Morgan fingerprint density at radius 3 is 2.52 bits per heavy atom. The normalized spacial score (nSPS) is 20.8. The molecule has 1 aliphatic heterocycles. The van der Waals surface area contributed by atoms with Crippen LogP contribution in [-0.4, -0.2) is 65.9 Å². The largest absolute Gasteiger partial charge is 0.370 e. The fourth-order valence-corrected chi connectivity index (χ4v) is 3.73. The van der Waals surface area contributed by atoms with Crippen LogP contribution >= 0.6 is 35.7 Å². The van der Waals surface area contributed by atoms with Gasteiger partial charge in [-0.25, -0.2) is 4.99 Å². The number of aliphatic imine (C=N–C) groups is 1. The van der Waals surface area contributed by atoms with E-state index in [0.29, 0.717) is 12.0 Å². The first-order valence-corrected chi connectivity index (χ1v) is 8.72. The zero-order valence-electron chi connectivity index (χ0n) is 12.8. The second kappa shape index (κ2) is 9.76. The monoisotopic (exact) mass is 426 g/mol. The van der Waals surface area contributed by atoms with Crippen molar-refractivity contribution in [3.05, 3.63) is 0 Å². The highest BCUT2D eigenvalue weighted by Crippen LogP contribution is 2.21. The summed E-state index contributed by atoms with van der Waals surface area (Å²) < 4.78 is 0. The molecule has 2 fully saturated rings. The van der Waals surface area contributed by atoms with Crippen LogP contribution in [0.4, 0.5) is 0 Å². The Bertz CT molecular complexity index is 355. The number of halogens is 1.